The van der Waals surface area contributed by atoms with Crippen molar-refractivity contribution in [3.05, 3.63) is 133 Å². The Bertz CT molecular complexity index is 1130. The normalized spacial score (nSPS) is 10.2. The van der Waals surface area contributed by atoms with Gasteiger partial charge in [0.1, 0.15) is 11.6 Å². The van der Waals surface area contributed by atoms with E-state index < -0.39 is 0 Å². The number of hydrogen-bond donors (Lipinski definition) is 0. The van der Waals surface area contributed by atoms with Crippen molar-refractivity contribution in [2.24, 2.45) is 0 Å². The summed E-state index contributed by atoms with van der Waals surface area (Å²) in [7, 11) is 0. The zero-order valence-electron chi connectivity index (χ0n) is 16.4. The van der Waals surface area contributed by atoms with E-state index in [1.165, 1.54) is 23.3 Å². The van der Waals surface area contributed by atoms with Crippen molar-refractivity contribution >= 4 is 0 Å². The molecule has 0 fully saturated rings. The van der Waals surface area contributed by atoms with Gasteiger partial charge in [-0.3, -0.25) is 4.57 Å². The minimum Gasteiger partial charge on any atom is -0.300 e. The zero-order chi connectivity index (χ0) is 20.6. The van der Waals surface area contributed by atoms with Gasteiger partial charge in [-0.1, -0.05) is 78.9 Å². The van der Waals surface area contributed by atoms with Crippen LogP contribution in [0.25, 0.3) is 28.2 Å². The van der Waals surface area contributed by atoms with Crippen LogP contribution in [0.1, 0.15) is 0 Å². The summed E-state index contributed by atoms with van der Waals surface area (Å²) in [6.07, 6.45) is 3.64. The average Bonchev–Trinajstić information content (AvgIpc) is 3.32. The molecule has 0 radical (unpaired) electrons. The number of nitrogens with zero attached hydrogens (tertiary/aromatic N) is 2. The smallest absolute Gasteiger partial charge is 0.144 e. The van der Waals surface area contributed by atoms with Crippen LogP contribution < -0.4 is 0 Å². The van der Waals surface area contributed by atoms with Crippen molar-refractivity contribution in [1.82, 2.24) is 9.55 Å². The summed E-state index contributed by atoms with van der Waals surface area (Å²) < 4.78 is 14.9. The third kappa shape index (κ3) is 4.70. The molecule has 0 aliphatic carbocycles. The molecule has 146 valence electrons. The summed E-state index contributed by atoms with van der Waals surface area (Å²) in [5.74, 6) is 0.567. The van der Waals surface area contributed by atoms with Gasteiger partial charge >= 0.3 is 0 Å². The molecule has 3 heteroatoms. The Morgan fingerprint density at radius 3 is 1.57 bits per heavy atom. The van der Waals surface area contributed by atoms with E-state index in [9.17, 15) is 4.39 Å². The Kier molecular flexibility index (Phi) is 6.11. The molecule has 1 heterocycles. The maximum Gasteiger partial charge on any atom is 0.144 e. The summed E-state index contributed by atoms with van der Waals surface area (Å²) in [6.45, 7) is 0. The second-order valence-electron chi connectivity index (χ2n) is 6.70. The van der Waals surface area contributed by atoms with Crippen LogP contribution in [-0.4, -0.2) is 9.55 Å². The van der Waals surface area contributed by atoms with Crippen molar-refractivity contribution in [2.45, 2.75) is 0 Å². The fraction of sp³-hybridized carbons (Fsp3) is 0. The Morgan fingerprint density at radius 2 is 1.03 bits per heavy atom. The second-order valence-corrected chi connectivity index (χ2v) is 6.70. The molecule has 0 saturated carbocycles. The molecule has 0 saturated heterocycles. The molecular weight excluding hydrogens is 371 g/mol. The monoisotopic (exact) mass is 392 g/mol. The van der Waals surface area contributed by atoms with Gasteiger partial charge in [0, 0.05) is 23.6 Å². The van der Waals surface area contributed by atoms with Crippen molar-refractivity contribution in [3.8, 4) is 28.2 Å². The predicted molar refractivity (Wildman–Crippen MR) is 121 cm³/mol. The van der Waals surface area contributed by atoms with Crippen molar-refractivity contribution in [3.63, 3.8) is 0 Å². The van der Waals surface area contributed by atoms with E-state index in [-0.39, 0.29) is 5.82 Å². The van der Waals surface area contributed by atoms with Crippen LogP contribution in [0.15, 0.2) is 128 Å². The first kappa shape index (κ1) is 19.3. The number of imidazole rings is 1. The zero-order valence-corrected chi connectivity index (χ0v) is 16.4. The van der Waals surface area contributed by atoms with Gasteiger partial charge in [-0.2, -0.15) is 0 Å². The van der Waals surface area contributed by atoms with Gasteiger partial charge in [0.25, 0.3) is 0 Å². The molecule has 0 spiro atoms. The SMILES string of the molecule is Fc1ccc(-c2nccn2-c2ccccc2)cc1.c1ccc(-c2ccccc2)cc1. The van der Waals surface area contributed by atoms with E-state index in [1.807, 2.05) is 53.2 Å². The molecule has 0 bridgehead atoms. The van der Waals surface area contributed by atoms with Crippen molar-refractivity contribution < 1.29 is 4.39 Å². The van der Waals surface area contributed by atoms with Crippen LogP contribution in [0.2, 0.25) is 0 Å². The van der Waals surface area contributed by atoms with E-state index in [1.54, 1.807) is 18.3 Å². The quantitative estimate of drug-likeness (QED) is 0.322. The lowest BCUT2D eigenvalue weighted by Gasteiger charge is -2.07. The number of halogens is 1. The van der Waals surface area contributed by atoms with Gasteiger partial charge < -0.3 is 0 Å². The molecule has 30 heavy (non-hydrogen) atoms. The third-order valence-electron chi connectivity index (χ3n) is 4.66. The fourth-order valence-electron chi connectivity index (χ4n) is 3.17. The van der Waals surface area contributed by atoms with Gasteiger partial charge in [0.2, 0.25) is 0 Å². The summed E-state index contributed by atoms with van der Waals surface area (Å²) in [5.41, 5.74) is 4.48. The largest absolute Gasteiger partial charge is 0.300 e. The van der Waals surface area contributed by atoms with E-state index in [2.05, 4.69) is 53.5 Å². The number of aromatic nitrogens is 2. The van der Waals surface area contributed by atoms with Gasteiger partial charge in [0.15, 0.2) is 0 Å². The third-order valence-corrected chi connectivity index (χ3v) is 4.66. The first-order chi connectivity index (χ1) is 14.8. The summed E-state index contributed by atoms with van der Waals surface area (Å²) in [5, 5.41) is 0. The standard InChI is InChI=1S/C15H11FN2.C12H10/c16-13-8-6-12(7-9-13)15-17-10-11-18(15)14-4-2-1-3-5-14;1-3-7-11(8-4-1)12-9-5-2-6-10-12/h1-11H;1-10H. The van der Waals surface area contributed by atoms with Crippen LogP contribution in [-0.2, 0) is 0 Å². The molecule has 0 N–H and O–H groups in total. The molecule has 5 aromatic rings. The highest BCUT2D eigenvalue weighted by atomic mass is 19.1. The van der Waals surface area contributed by atoms with Gasteiger partial charge in [-0.05, 0) is 47.5 Å². The molecule has 1 aromatic heterocycles. The highest BCUT2D eigenvalue weighted by molar-refractivity contribution is 5.62. The topological polar surface area (TPSA) is 17.8 Å². The van der Waals surface area contributed by atoms with Gasteiger partial charge in [-0.15, -0.1) is 0 Å². The maximum atomic E-state index is 12.9. The Labute approximate surface area is 175 Å². The lowest BCUT2D eigenvalue weighted by Crippen LogP contribution is -1.95. The maximum absolute atomic E-state index is 12.9. The molecule has 5 rings (SSSR count). The van der Waals surface area contributed by atoms with E-state index in [4.69, 9.17) is 0 Å². The summed E-state index contributed by atoms with van der Waals surface area (Å²) in [4.78, 5) is 4.33. The first-order valence-corrected chi connectivity index (χ1v) is 9.76. The summed E-state index contributed by atoms with van der Waals surface area (Å²) in [6, 6.07) is 37.1. The second kappa shape index (κ2) is 9.48. The minimum absolute atomic E-state index is 0.239. The highest BCUT2D eigenvalue weighted by Gasteiger charge is 2.07. The van der Waals surface area contributed by atoms with Crippen LogP contribution >= 0.6 is 0 Å². The van der Waals surface area contributed by atoms with Gasteiger partial charge in [-0.25, -0.2) is 9.37 Å². The number of hydrogen-bond acceptors (Lipinski definition) is 1. The summed E-state index contributed by atoms with van der Waals surface area (Å²) >= 11 is 0. The van der Waals surface area contributed by atoms with Crippen molar-refractivity contribution in [2.75, 3.05) is 0 Å². The molecule has 2 nitrogen and oxygen atoms in total. The molecule has 0 unspecified atom stereocenters. The molecule has 0 atom stereocenters. The van der Waals surface area contributed by atoms with Crippen LogP contribution in [0.3, 0.4) is 0 Å². The first-order valence-electron chi connectivity index (χ1n) is 9.76. The fourth-order valence-corrected chi connectivity index (χ4v) is 3.17. The van der Waals surface area contributed by atoms with E-state index >= 15 is 0 Å². The number of para-hydroxylation sites is 1. The average molecular weight is 392 g/mol. The lowest BCUT2D eigenvalue weighted by atomic mass is 10.1. The molecular formula is C27H21FN2. The van der Waals surface area contributed by atoms with Crippen LogP contribution in [0, 0.1) is 5.82 Å². The minimum atomic E-state index is -0.239. The molecule has 0 aliphatic rings. The van der Waals surface area contributed by atoms with E-state index in [0.29, 0.717) is 0 Å². The van der Waals surface area contributed by atoms with Gasteiger partial charge in [0.05, 0.1) is 0 Å². The molecule has 4 aromatic carbocycles. The predicted octanol–water partition coefficient (Wildman–Crippen LogP) is 7.03. The Hall–Kier alpha value is -3.98. The Morgan fingerprint density at radius 1 is 0.533 bits per heavy atom. The number of rotatable bonds is 3. The van der Waals surface area contributed by atoms with E-state index in [0.717, 1.165) is 17.1 Å². The highest BCUT2D eigenvalue weighted by Crippen LogP contribution is 2.21. The lowest BCUT2D eigenvalue weighted by molar-refractivity contribution is 0.628. The molecule has 0 aliphatic heterocycles. The Balaban J connectivity index is 0.000000158. The molecule has 0 amide bonds. The van der Waals surface area contributed by atoms with Crippen LogP contribution in [0.5, 0.6) is 0 Å². The van der Waals surface area contributed by atoms with Crippen LogP contribution in [0.4, 0.5) is 4.39 Å². The number of benzene rings is 4. The van der Waals surface area contributed by atoms with Crippen molar-refractivity contribution in [1.29, 1.82) is 0 Å².